The van der Waals surface area contributed by atoms with E-state index >= 15 is 0 Å². The van der Waals surface area contributed by atoms with Crippen molar-refractivity contribution in [3.63, 3.8) is 0 Å². The molecule has 0 amide bonds. The van der Waals surface area contributed by atoms with Gasteiger partial charge in [-0.15, -0.1) is 16.8 Å². The van der Waals surface area contributed by atoms with E-state index in [-0.39, 0.29) is 16.6 Å². The number of carbonyl (C=O) groups is 1. The monoisotopic (exact) mass is 480 g/mol. The van der Waals surface area contributed by atoms with Gasteiger partial charge in [-0.25, -0.2) is 8.42 Å². The molecule has 0 unspecified atom stereocenters. The normalized spacial score (nSPS) is 15.5. The maximum absolute atomic E-state index is 13.0. The van der Waals surface area contributed by atoms with Crippen molar-refractivity contribution in [1.29, 1.82) is 0 Å². The highest BCUT2D eigenvalue weighted by Gasteiger charge is 2.27. The highest BCUT2D eigenvalue weighted by Crippen LogP contribution is 2.27. The number of morpholine rings is 1. The minimum absolute atomic E-state index is 0.0813. The van der Waals surface area contributed by atoms with Crippen molar-refractivity contribution >= 4 is 27.8 Å². The Labute approximate surface area is 192 Å². The molecule has 1 aromatic carbocycles. The number of aromatic nitrogens is 3. The Kier molecular flexibility index (Phi) is 7.75. The van der Waals surface area contributed by atoms with Gasteiger partial charge in [0, 0.05) is 25.2 Å². The number of thioether (sulfide) groups is 1. The Morgan fingerprint density at radius 2 is 2.00 bits per heavy atom. The fraction of sp³-hybridized carbons (Fsp3) is 0.476. The number of esters is 1. The minimum atomic E-state index is -3.64. The fourth-order valence-electron chi connectivity index (χ4n) is 3.13. The molecule has 11 heteroatoms. The van der Waals surface area contributed by atoms with Gasteiger partial charge < -0.3 is 9.47 Å². The molecule has 32 heavy (non-hydrogen) atoms. The molecule has 1 aliphatic rings. The molecule has 1 aliphatic heterocycles. The van der Waals surface area contributed by atoms with E-state index in [0.29, 0.717) is 49.4 Å². The molecule has 0 atom stereocenters. The number of ether oxygens (including phenoxy) is 2. The molecule has 0 bridgehead atoms. The molecule has 0 aliphatic carbocycles. The zero-order valence-corrected chi connectivity index (χ0v) is 20.1. The summed E-state index contributed by atoms with van der Waals surface area (Å²) in [7, 11) is -3.64. The van der Waals surface area contributed by atoms with Crippen LogP contribution in [0, 0.1) is 0 Å². The predicted octanol–water partition coefficient (Wildman–Crippen LogP) is 2.59. The van der Waals surface area contributed by atoms with Crippen LogP contribution in [0.3, 0.4) is 0 Å². The summed E-state index contributed by atoms with van der Waals surface area (Å²) < 4.78 is 39.9. The van der Waals surface area contributed by atoms with Crippen molar-refractivity contribution in [3.8, 4) is 11.4 Å². The summed E-state index contributed by atoms with van der Waals surface area (Å²) in [5.74, 6) is 0.226. The second-order valence-electron chi connectivity index (χ2n) is 8.12. The molecule has 0 spiro atoms. The van der Waals surface area contributed by atoms with Gasteiger partial charge in [-0.1, -0.05) is 30.0 Å². The Morgan fingerprint density at radius 3 is 2.66 bits per heavy atom. The van der Waals surface area contributed by atoms with Crippen LogP contribution in [0.4, 0.5) is 0 Å². The summed E-state index contributed by atoms with van der Waals surface area (Å²) in [6.07, 6.45) is 1.69. The fourth-order valence-corrected chi connectivity index (χ4v) is 5.30. The molecular weight excluding hydrogens is 452 g/mol. The van der Waals surface area contributed by atoms with E-state index in [1.165, 1.54) is 16.1 Å². The average molecular weight is 481 g/mol. The number of allylic oxidation sites excluding steroid dienone is 1. The van der Waals surface area contributed by atoms with Gasteiger partial charge in [0.05, 0.1) is 23.9 Å². The summed E-state index contributed by atoms with van der Waals surface area (Å²) in [6.45, 7) is 11.0. The van der Waals surface area contributed by atoms with Crippen molar-refractivity contribution < 1.29 is 22.7 Å². The van der Waals surface area contributed by atoms with Crippen LogP contribution in [0.15, 0.2) is 47.0 Å². The number of carbonyl (C=O) groups excluding carboxylic acids is 1. The van der Waals surface area contributed by atoms with Crippen LogP contribution in [-0.2, 0) is 30.8 Å². The van der Waals surface area contributed by atoms with E-state index in [0.717, 1.165) is 0 Å². The highest BCUT2D eigenvalue weighted by atomic mass is 32.2. The third-order valence-electron chi connectivity index (χ3n) is 4.47. The van der Waals surface area contributed by atoms with Gasteiger partial charge in [-0.05, 0) is 32.9 Å². The maximum Gasteiger partial charge on any atom is 0.316 e. The van der Waals surface area contributed by atoms with Gasteiger partial charge >= 0.3 is 5.97 Å². The van der Waals surface area contributed by atoms with Gasteiger partial charge in [0.25, 0.3) is 0 Å². The number of hydrogen-bond acceptors (Lipinski definition) is 8. The van der Waals surface area contributed by atoms with Gasteiger partial charge in [0.15, 0.2) is 11.0 Å². The summed E-state index contributed by atoms with van der Waals surface area (Å²) in [5, 5.41) is 8.98. The first-order valence-corrected chi connectivity index (χ1v) is 12.6. The molecule has 0 radical (unpaired) electrons. The van der Waals surface area contributed by atoms with E-state index in [1.54, 1.807) is 34.9 Å². The molecule has 0 saturated carbocycles. The molecule has 0 N–H and O–H groups in total. The Bertz CT molecular complexity index is 1070. The van der Waals surface area contributed by atoms with E-state index in [2.05, 4.69) is 16.8 Å². The van der Waals surface area contributed by atoms with E-state index < -0.39 is 15.6 Å². The van der Waals surface area contributed by atoms with Gasteiger partial charge in [0.2, 0.25) is 10.0 Å². The number of benzene rings is 1. The molecule has 3 rings (SSSR count). The molecule has 9 nitrogen and oxygen atoms in total. The third-order valence-corrected chi connectivity index (χ3v) is 7.30. The number of nitrogens with zero attached hydrogens (tertiary/aromatic N) is 4. The quantitative estimate of drug-likeness (QED) is 0.323. The van der Waals surface area contributed by atoms with Crippen molar-refractivity contribution in [2.24, 2.45) is 0 Å². The van der Waals surface area contributed by atoms with Crippen molar-refractivity contribution in [1.82, 2.24) is 19.1 Å². The summed E-state index contributed by atoms with van der Waals surface area (Å²) in [4.78, 5) is 12.3. The SMILES string of the molecule is C=CCn1c(SCC(=O)OC(C)(C)C)nnc1-c1cccc(S(=O)(=O)N2CCOCC2)c1. The van der Waals surface area contributed by atoms with Gasteiger partial charge in [0.1, 0.15) is 5.60 Å². The number of hydrogen-bond donors (Lipinski definition) is 0. The summed E-state index contributed by atoms with van der Waals surface area (Å²) >= 11 is 1.21. The lowest BCUT2D eigenvalue weighted by atomic mass is 10.2. The van der Waals surface area contributed by atoms with E-state index in [9.17, 15) is 13.2 Å². The molecular formula is C21H28N4O5S2. The van der Waals surface area contributed by atoms with Crippen LogP contribution in [0.1, 0.15) is 20.8 Å². The molecule has 174 valence electrons. The smallest absolute Gasteiger partial charge is 0.316 e. The lowest BCUT2D eigenvalue weighted by Gasteiger charge is -2.26. The molecule has 1 saturated heterocycles. The largest absolute Gasteiger partial charge is 0.459 e. The highest BCUT2D eigenvalue weighted by molar-refractivity contribution is 7.99. The van der Waals surface area contributed by atoms with Crippen LogP contribution in [0.2, 0.25) is 0 Å². The van der Waals surface area contributed by atoms with Gasteiger partial charge in [-0.3, -0.25) is 9.36 Å². The van der Waals surface area contributed by atoms with Crippen LogP contribution >= 0.6 is 11.8 Å². The third kappa shape index (κ3) is 5.97. The zero-order valence-electron chi connectivity index (χ0n) is 18.5. The van der Waals surface area contributed by atoms with E-state index in [1.807, 2.05) is 20.8 Å². The second-order valence-corrected chi connectivity index (χ2v) is 11.0. The van der Waals surface area contributed by atoms with Crippen LogP contribution in [0.5, 0.6) is 0 Å². The minimum Gasteiger partial charge on any atom is -0.459 e. The Hall–Kier alpha value is -2.21. The predicted molar refractivity (Wildman–Crippen MR) is 122 cm³/mol. The standard InChI is InChI=1S/C21H28N4O5S2/c1-5-9-25-19(22-23-20(25)31-15-18(26)30-21(2,3)4)16-7-6-8-17(14-16)32(27,28)24-10-12-29-13-11-24/h5-8,14H,1,9-13,15H2,2-4H3. The topological polar surface area (TPSA) is 104 Å². The van der Waals surface area contributed by atoms with Crippen LogP contribution < -0.4 is 0 Å². The average Bonchev–Trinajstić information content (AvgIpc) is 3.15. The first-order valence-electron chi connectivity index (χ1n) is 10.2. The second kappa shape index (κ2) is 10.2. The lowest BCUT2D eigenvalue weighted by Crippen LogP contribution is -2.40. The maximum atomic E-state index is 13.0. The molecule has 1 aromatic heterocycles. The van der Waals surface area contributed by atoms with Crippen molar-refractivity contribution in [2.45, 2.75) is 43.0 Å². The van der Waals surface area contributed by atoms with Crippen molar-refractivity contribution in [3.05, 3.63) is 36.9 Å². The lowest BCUT2D eigenvalue weighted by molar-refractivity contribution is -0.151. The van der Waals surface area contributed by atoms with Crippen LogP contribution in [-0.4, -0.2) is 71.1 Å². The first kappa shape index (κ1) is 24.4. The molecule has 2 heterocycles. The first-order chi connectivity index (χ1) is 15.1. The number of sulfonamides is 1. The molecule has 2 aromatic rings. The Morgan fingerprint density at radius 1 is 1.28 bits per heavy atom. The number of rotatable bonds is 8. The van der Waals surface area contributed by atoms with E-state index in [4.69, 9.17) is 9.47 Å². The Balaban J connectivity index is 1.86. The van der Waals surface area contributed by atoms with Gasteiger partial charge in [-0.2, -0.15) is 4.31 Å². The van der Waals surface area contributed by atoms with Crippen LogP contribution in [0.25, 0.3) is 11.4 Å². The molecule has 1 fully saturated rings. The summed E-state index contributed by atoms with van der Waals surface area (Å²) in [6, 6.07) is 6.63. The van der Waals surface area contributed by atoms with Crippen molar-refractivity contribution in [2.75, 3.05) is 32.1 Å². The zero-order chi connectivity index (χ0) is 23.4. The summed E-state index contributed by atoms with van der Waals surface area (Å²) in [5.41, 5.74) is 0.0436.